The molecule has 2 fully saturated rings. The van der Waals surface area contributed by atoms with Gasteiger partial charge in [-0.1, -0.05) is 0 Å². The van der Waals surface area contributed by atoms with E-state index in [0.717, 1.165) is 43.9 Å². The maximum Gasteiger partial charge on any atom is 0.161 e. The average Bonchev–Trinajstić information content (AvgIpc) is 2.78. The van der Waals surface area contributed by atoms with Crippen LogP contribution in [0.4, 0.5) is 0 Å². The van der Waals surface area contributed by atoms with Crippen LogP contribution in [0, 0.1) is 0 Å². The van der Waals surface area contributed by atoms with Crippen molar-refractivity contribution in [3.63, 3.8) is 0 Å². The van der Waals surface area contributed by atoms with E-state index in [1.165, 1.54) is 17.5 Å². The summed E-state index contributed by atoms with van der Waals surface area (Å²) < 4.78 is 11.0. The molecule has 1 aromatic carbocycles. The van der Waals surface area contributed by atoms with Crippen LogP contribution in [-0.4, -0.2) is 42.9 Å². The van der Waals surface area contributed by atoms with Crippen LogP contribution in [0.3, 0.4) is 0 Å². The molecule has 1 N–H and O–H groups in total. The van der Waals surface area contributed by atoms with Gasteiger partial charge in [-0.25, -0.2) is 0 Å². The Bertz CT molecular complexity index is 573. The van der Waals surface area contributed by atoms with Gasteiger partial charge >= 0.3 is 0 Å². The van der Waals surface area contributed by atoms with Gasteiger partial charge in [-0.15, -0.1) is 0 Å². The zero-order valence-corrected chi connectivity index (χ0v) is 12.8. The van der Waals surface area contributed by atoms with Crippen LogP contribution in [0.15, 0.2) is 12.1 Å². The van der Waals surface area contributed by atoms with E-state index in [9.17, 15) is 5.11 Å². The predicted octanol–water partition coefficient (Wildman–Crippen LogP) is 2.07. The molecule has 0 amide bonds. The first kappa shape index (κ1) is 13.4. The fourth-order valence-electron chi connectivity index (χ4n) is 4.85. The van der Waals surface area contributed by atoms with Crippen LogP contribution >= 0.6 is 0 Å². The smallest absolute Gasteiger partial charge is 0.161 e. The third kappa shape index (κ3) is 1.75. The van der Waals surface area contributed by atoms with E-state index in [1.807, 2.05) is 0 Å². The quantitative estimate of drug-likeness (QED) is 0.905. The van der Waals surface area contributed by atoms with Crippen molar-refractivity contribution < 1.29 is 14.6 Å². The standard InChI is InChI=1S/C17H23NO3/c1-20-14-7-11-10-18-6-5-17(13(11)9-15(14)21-2)4-3-12(19)8-16(17)18/h7,9,12,16,19H,3-6,8,10H2,1-2H3/t12-,16-,17-/m0/s1. The van der Waals surface area contributed by atoms with Crippen LogP contribution in [0.25, 0.3) is 0 Å². The molecule has 1 unspecified atom stereocenters. The van der Waals surface area contributed by atoms with Gasteiger partial charge in [0.1, 0.15) is 0 Å². The third-order valence-corrected chi connectivity index (χ3v) is 5.86. The van der Waals surface area contributed by atoms with Crippen LogP contribution in [0.2, 0.25) is 0 Å². The first-order chi connectivity index (χ1) is 10.2. The van der Waals surface area contributed by atoms with Gasteiger partial charge in [0.15, 0.2) is 11.5 Å². The number of nitrogens with zero attached hydrogens (tertiary/aromatic N) is 1. The molecule has 1 saturated carbocycles. The summed E-state index contributed by atoms with van der Waals surface area (Å²) in [6.45, 7) is 2.10. The van der Waals surface area contributed by atoms with Gasteiger partial charge in [0.05, 0.1) is 20.3 Å². The Hall–Kier alpha value is -1.26. The molecule has 4 heteroatoms. The van der Waals surface area contributed by atoms with Crippen LogP contribution < -0.4 is 9.47 Å². The first-order valence-electron chi connectivity index (χ1n) is 7.85. The molecule has 4 rings (SSSR count). The summed E-state index contributed by atoms with van der Waals surface area (Å²) in [5, 5.41) is 10.1. The molecule has 4 atom stereocenters. The molecule has 21 heavy (non-hydrogen) atoms. The molecule has 1 aromatic rings. The predicted molar refractivity (Wildman–Crippen MR) is 79.9 cm³/mol. The summed E-state index contributed by atoms with van der Waals surface area (Å²) in [7, 11) is 3.40. The third-order valence-electron chi connectivity index (χ3n) is 5.86. The molecule has 4 nitrogen and oxygen atoms in total. The molecule has 3 aliphatic rings. The SMILES string of the molecule is COc1cc2c(cc1OC)[C@@]13CC[C@H](O)C[C@@H]1N(CC3)C2. The van der Waals surface area contributed by atoms with Crippen molar-refractivity contribution in [3.05, 3.63) is 23.3 Å². The summed E-state index contributed by atoms with van der Waals surface area (Å²) in [6, 6.07) is 4.84. The van der Waals surface area contributed by atoms with Crippen LogP contribution in [0.5, 0.6) is 11.5 Å². The largest absolute Gasteiger partial charge is 0.493 e. The molecule has 0 spiro atoms. The summed E-state index contributed by atoms with van der Waals surface area (Å²) in [5.74, 6) is 1.65. The Morgan fingerprint density at radius 2 is 1.95 bits per heavy atom. The van der Waals surface area contributed by atoms with Crippen molar-refractivity contribution in [2.75, 3.05) is 20.8 Å². The minimum absolute atomic E-state index is 0.134. The number of aliphatic hydroxyl groups excluding tert-OH is 1. The van der Waals surface area contributed by atoms with Crippen molar-refractivity contribution in [3.8, 4) is 11.5 Å². The van der Waals surface area contributed by atoms with Crippen molar-refractivity contribution >= 4 is 0 Å². The van der Waals surface area contributed by atoms with Crippen LogP contribution in [0.1, 0.15) is 36.8 Å². The number of rotatable bonds is 2. The van der Waals surface area contributed by atoms with E-state index in [0.29, 0.717) is 6.04 Å². The number of fused-ring (bicyclic) bond motifs is 1. The van der Waals surface area contributed by atoms with Crippen molar-refractivity contribution in [2.45, 2.75) is 49.8 Å². The number of hydrogen-bond donors (Lipinski definition) is 1. The summed E-state index contributed by atoms with van der Waals surface area (Å²) in [6.07, 6.45) is 3.97. The second-order valence-electron chi connectivity index (χ2n) is 6.68. The molecule has 1 saturated heterocycles. The Morgan fingerprint density at radius 3 is 2.71 bits per heavy atom. The summed E-state index contributed by atoms with van der Waals surface area (Å²) in [5.41, 5.74) is 3.02. The van der Waals surface area contributed by atoms with Gasteiger partial charge in [0, 0.05) is 18.0 Å². The highest BCUT2D eigenvalue weighted by molar-refractivity contribution is 5.53. The van der Waals surface area contributed by atoms with Gasteiger partial charge < -0.3 is 14.6 Å². The number of hydrogen-bond acceptors (Lipinski definition) is 4. The fourth-order valence-corrected chi connectivity index (χ4v) is 4.85. The lowest BCUT2D eigenvalue weighted by Crippen LogP contribution is -2.51. The number of methoxy groups -OCH3 is 2. The van der Waals surface area contributed by atoms with Crippen molar-refractivity contribution in [2.24, 2.45) is 0 Å². The lowest BCUT2D eigenvalue weighted by molar-refractivity contribution is 0.0383. The van der Waals surface area contributed by atoms with Crippen LogP contribution in [-0.2, 0) is 12.0 Å². The zero-order valence-electron chi connectivity index (χ0n) is 12.8. The fraction of sp³-hybridized carbons (Fsp3) is 0.647. The molecule has 2 heterocycles. The Morgan fingerprint density at radius 1 is 1.19 bits per heavy atom. The van der Waals surface area contributed by atoms with Gasteiger partial charge in [-0.3, -0.25) is 4.90 Å². The summed E-state index contributed by atoms with van der Waals surface area (Å²) >= 11 is 0. The maximum atomic E-state index is 10.1. The lowest BCUT2D eigenvalue weighted by Gasteiger charge is -2.48. The van der Waals surface area contributed by atoms with E-state index >= 15 is 0 Å². The van der Waals surface area contributed by atoms with Crippen molar-refractivity contribution in [1.29, 1.82) is 0 Å². The number of ether oxygens (including phenoxy) is 2. The lowest BCUT2D eigenvalue weighted by atomic mass is 9.63. The first-order valence-corrected chi connectivity index (χ1v) is 7.85. The zero-order chi connectivity index (χ0) is 14.6. The topological polar surface area (TPSA) is 41.9 Å². The number of aliphatic hydroxyl groups is 1. The highest BCUT2D eigenvalue weighted by Gasteiger charge is 2.54. The van der Waals surface area contributed by atoms with E-state index in [4.69, 9.17) is 9.47 Å². The molecule has 2 aliphatic heterocycles. The summed E-state index contributed by atoms with van der Waals surface area (Å²) in [4.78, 5) is 2.55. The average molecular weight is 289 g/mol. The molecule has 0 aromatic heterocycles. The molecular weight excluding hydrogens is 266 g/mol. The van der Waals surface area contributed by atoms with E-state index < -0.39 is 0 Å². The minimum Gasteiger partial charge on any atom is -0.493 e. The molecule has 2 bridgehead atoms. The highest BCUT2D eigenvalue weighted by atomic mass is 16.5. The molecule has 114 valence electrons. The van der Waals surface area contributed by atoms with Crippen molar-refractivity contribution in [1.82, 2.24) is 4.90 Å². The highest BCUT2D eigenvalue weighted by Crippen LogP contribution is 2.54. The molecule has 1 aliphatic carbocycles. The Balaban J connectivity index is 1.85. The Kier molecular flexibility index (Phi) is 2.95. The minimum atomic E-state index is -0.134. The van der Waals surface area contributed by atoms with Gasteiger partial charge in [-0.2, -0.15) is 0 Å². The van der Waals surface area contributed by atoms with Gasteiger partial charge in [0.25, 0.3) is 0 Å². The Labute approximate surface area is 125 Å². The van der Waals surface area contributed by atoms with E-state index in [1.54, 1.807) is 14.2 Å². The monoisotopic (exact) mass is 289 g/mol. The molecular formula is C17H23NO3. The van der Waals surface area contributed by atoms with E-state index in [-0.39, 0.29) is 11.5 Å². The second-order valence-corrected chi connectivity index (χ2v) is 6.68. The second kappa shape index (κ2) is 4.62. The normalized spacial score (nSPS) is 36.8. The van der Waals surface area contributed by atoms with Gasteiger partial charge in [-0.05, 0) is 55.5 Å². The van der Waals surface area contributed by atoms with Gasteiger partial charge in [0.2, 0.25) is 0 Å². The molecule has 0 radical (unpaired) electrons. The van der Waals surface area contributed by atoms with E-state index in [2.05, 4.69) is 17.0 Å². The maximum absolute atomic E-state index is 10.1. The number of benzene rings is 1.